The van der Waals surface area contributed by atoms with Crippen LogP contribution in [0.5, 0.6) is 0 Å². The van der Waals surface area contributed by atoms with Crippen molar-refractivity contribution in [2.75, 3.05) is 17.3 Å². The molecule has 1 saturated heterocycles. The highest BCUT2D eigenvalue weighted by molar-refractivity contribution is 7.91. The van der Waals surface area contributed by atoms with E-state index in [4.69, 9.17) is 4.55 Å². The van der Waals surface area contributed by atoms with Gasteiger partial charge in [0.25, 0.3) is 10.1 Å². The van der Waals surface area contributed by atoms with E-state index in [1.807, 2.05) is 0 Å². The Bertz CT molecular complexity index is 409. The number of aliphatic hydroxyl groups excluding tert-OH is 1. The Labute approximate surface area is 89.0 Å². The van der Waals surface area contributed by atoms with Crippen LogP contribution in [0, 0.1) is 5.92 Å². The summed E-state index contributed by atoms with van der Waals surface area (Å²) in [6.45, 7) is 0. The lowest BCUT2D eigenvalue weighted by atomic mass is 10.0. The molecule has 0 aromatic heterocycles. The predicted octanol–water partition coefficient (Wildman–Crippen LogP) is -0.940. The molecule has 0 saturated carbocycles. The second kappa shape index (κ2) is 4.36. The van der Waals surface area contributed by atoms with Gasteiger partial charge in [0.2, 0.25) is 0 Å². The summed E-state index contributed by atoms with van der Waals surface area (Å²) >= 11 is 0. The second-order valence-corrected chi connectivity index (χ2v) is 7.56. The van der Waals surface area contributed by atoms with Gasteiger partial charge < -0.3 is 5.11 Å². The third-order valence-corrected chi connectivity index (χ3v) is 5.03. The number of hydrogen-bond donors (Lipinski definition) is 2. The number of rotatable bonds is 3. The van der Waals surface area contributed by atoms with Crippen molar-refractivity contribution in [3.05, 3.63) is 0 Å². The fraction of sp³-hybridized carbons (Fsp3) is 1.00. The van der Waals surface area contributed by atoms with Gasteiger partial charge in [0.15, 0.2) is 9.84 Å². The quantitative estimate of drug-likeness (QED) is 0.632. The van der Waals surface area contributed by atoms with Gasteiger partial charge in [0.1, 0.15) is 5.75 Å². The molecule has 1 fully saturated rings. The van der Waals surface area contributed by atoms with E-state index < -0.39 is 37.7 Å². The van der Waals surface area contributed by atoms with Crippen molar-refractivity contribution in [2.24, 2.45) is 5.92 Å². The van der Waals surface area contributed by atoms with Gasteiger partial charge in [-0.2, -0.15) is 8.42 Å². The van der Waals surface area contributed by atoms with Gasteiger partial charge in [0.05, 0.1) is 17.6 Å². The van der Waals surface area contributed by atoms with Crippen LogP contribution in [0.1, 0.15) is 12.8 Å². The third kappa shape index (κ3) is 4.45. The van der Waals surface area contributed by atoms with E-state index in [2.05, 4.69) is 0 Å². The van der Waals surface area contributed by atoms with Crippen molar-refractivity contribution in [3.63, 3.8) is 0 Å². The van der Waals surface area contributed by atoms with Crippen molar-refractivity contribution < 1.29 is 26.5 Å². The van der Waals surface area contributed by atoms with E-state index in [1.165, 1.54) is 0 Å². The van der Waals surface area contributed by atoms with Crippen LogP contribution in [0.25, 0.3) is 0 Å². The summed E-state index contributed by atoms with van der Waals surface area (Å²) in [5.74, 6) is -1.51. The maximum Gasteiger partial charge on any atom is 0.267 e. The van der Waals surface area contributed by atoms with Crippen LogP contribution < -0.4 is 0 Å². The normalized spacial score (nSPS) is 28.5. The molecule has 0 spiro atoms. The monoisotopic (exact) mass is 258 g/mol. The topological polar surface area (TPSA) is 109 Å². The first kappa shape index (κ1) is 12.9. The maximum atomic E-state index is 11.2. The highest BCUT2D eigenvalue weighted by Crippen LogP contribution is 2.22. The molecule has 1 aliphatic rings. The summed E-state index contributed by atoms with van der Waals surface area (Å²) in [4.78, 5) is 0. The van der Waals surface area contributed by atoms with Crippen LogP contribution in [0.2, 0.25) is 0 Å². The Morgan fingerprint density at radius 3 is 2.47 bits per heavy atom. The van der Waals surface area contributed by atoms with Crippen LogP contribution in [0.3, 0.4) is 0 Å². The summed E-state index contributed by atoms with van der Waals surface area (Å²) in [7, 11) is -7.42. The lowest BCUT2D eigenvalue weighted by Crippen LogP contribution is -2.37. The Balaban J connectivity index is 2.65. The molecule has 0 aromatic rings. The van der Waals surface area contributed by atoms with Crippen molar-refractivity contribution in [1.82, 2.24) is 0 Å². The summed E-state index contributed by atoms with van der Waals surface area (Å²) in [5.41, 5.74) is 0. The molecule has 1 heterocycles. The molecule has 90 valence electrons. The zero-order valence-corrected chi connectivity index (χ0v) is 9.67. The minimum atomic E-state index is -4.25. The number of aliphatic hydroxyl groups is 1. The molecule has 0 aromatic carbocycles. The minimum absolute atomic E-state index is 0.0854. The van der Waals surface area contributed by atoms with Crippen LogP contribution in [0.4, 0.5) is 0 Å². The van der Waals surface area contributed by atoms with E-state index in [0.29, 0.717) is 12.8 Å². The van der Waals surface area contributed by atoms with Crippen molar-refractivity contribution in [3.8, 4) is 0 Å². The van der Waals surface area contributed by atoms with Crippen molar-refractivity contribution in [1.29, 1.82) is 0 Å². The van der Waals surface area contributed by atoms with Gasteiger partial charge in [0, 0.05) is 0 Å². The summed E-state index contributed by atoms with van der Waals surface area (Å²) < 4.78 is 51.9. The first-order chi connectivity index (χ1) is 6.70. The van der Waals surface area contributed by atoms with E-state index >= 15 is 0 Å². The molecule has 1 rings (SSSR count). The van der Waals surface area contributed by atoms with Gasteiger partial charge in [-0.1, -0.05) is 0 Å². The third-order valence-electron chi connectivity index (χ3n) is 2.42. The number of hydrogen-bond acceptors (Lipinski definition) is 5. The van der Waals surface area contributed by atoms with E-state index in [1.54, 1.807) is 0 Å². The van der Waals surface area contributed by atoms with Crippen LogP contribution in [-0.2, 0) is 20.0 Å². The summed E-state index contributed by atoms with van der Waals surface area (Å²) in [6.07, 6.45) is -0.416. The highest BCUT2D eigenvalue weighted by Gasteiger charge is 2.31. The van der Waals surface area contributed by atoms with Crippen LogP contribution >= 0.6 is 0 Å². The van der Waals surface area contributed by atoms with E-state index in [0.717, 1.165) is 0 Å². The Morgan fingerprint density at radius 1 is 1.40 bits per heavy atom. The lowest BCUT2D eigenvalue weighted by molar-refractivity contribution is 0.129. The van der Waals surface area contributed by atoms with Crippen molar-refractivity contribution in [2.45, 2.75) is 18.9 Å². The molecule has 0 bridgehead atoms. The molecule has 0 aliphatic carbocycles. The highest BCUT2D eigenvalue weighted by atomic mass is 32.2. The van der Waals surface area contributed by atoms with Gasteiger partial charge in [-0.25, -0.2) is 8.42 Å². The fourth-order valence-electron chi connectivity index (χ4n) is 1.71. The molecule has 8 heteroatoms. The largest absolute Gasteiger partial charge is 0.392 e. The average Bonchev–Trinajstić information content (AvgIpc) is 1.99. The van der Waals surface area contributed by atoms with Crippen LogP contribution in [0.15, 0.2) is 0 Å². The Morgan fingerprint density at radius 2 is 2.00 bits per heavy atom. The van der Waals surface area contributed by atoms with E-state index in [9.17, 15) is 21.9 Å². The first-order valence-electron chi connectivity index (χ1n) is 4.53. The predicted molar refractivity (Wildman–Crippen MR) is 53.8 cm³/mol. The summed E-state index contributed by atoms with van der Waals surface area (Å²) in [6, 6.07) is 0. The SMILES string of the molecule is O=S(=O)(O)CC(O)C1CCCS(=O)(=O)C1. The smallest absolute Gasteiger partial charge is 0.267 e. The van der Waals surface area contributed by atoms with Gasteiger partial charge >= 0.3 is 0 Å². The molecule has 6 nitrogen and oxygen atoms in total. The van der Waals surface area contributed by atoms with Crippen molar-refractivity contribution >= 4 is 20.0 Å². The molecule has 2 atom stereocenters. The summed E-state index contributed by atoms with van der Waals surface area (Å²) in [5, 5.41) is 9.44. The molecule has 2 unspecified atom stereocenters. The second-order valence-electron chi connectivity index (χ2n) is 3.83. The number of sulfone groups is 1. The standard InChI is InChI=1S/C7H14O6S2/c8-7(5-15(11,12)13)6-2-1-3-14(9,10)4-6/h6-8H,1-5H2,(H,11,12,13). The van der Waals surface area contributed by atoms with Gasteiger partial charge in [-0.15, -0.1) is 0 Å². The van der Waals surface area contributed by atoms with Crippen LogP contribution in [-0.4, -0.2) is 49.9 Å². The van der Waals surface area contributed by atoms with Gasteiger partial charge in [-0.05, 0) is 18.8 Å². The minimum Gasteiger partial charge on any atom is -0.392 e. The average molecular weight is 258 g/mol. The molecular weight excluding hydrogens is 244 g/mol. The fourth-order valence-corrected chi connectivity index (χ4v) is 4.23. The molecule has 0 radical (unpaired) electrons. The zero-order chi connectivity index (χ0) is 11.7. The molecule has 1 aliphatic heterocycles. The first-order valence-corrected chi connectivity index (χ1v) is 7.96. The molecule has 2 N–H and O–H groups in total. The zero-order valence-electron chi connectivity index (χ0n) is 8.03. The Kier molecular flexibility index (Phi) is 3.75. The lowest BCUT2D eigenvalue weighted by Gasteiger charge is -2.25. The molecule has 0 amide bonds. The van der Waals surface area contributed by atoms with Gasteiger partial charge in [-0.3, -0.25) is 4.55 Å². The maximum absolute atomic E-state index is 11.2. The molecular formula is C7H14O6S2. The van der Waals surface area contributed by atoms with E-state index in [-0.39, 0.29) is 11.5 Å². The Hall–Kier alpha value is -0.180. The molecule has 15 heavy (non-hydrogen) atoms.